The molecule has 1 fully saturated rings. The summed E-state index contributed by atoms with van der Waals surface area (Å²) < 4.78 is 19.0. The Morgan fingerprint density at radius 1 is 1.59 bits per heavy atom. The van der Waals surface area contributed by atoms with Gasteiger partial charge >= 0.3 is 0 Å². The molecular formula is C13H17ClFNO. The van der Waals surface area contributed by atoms with E-state index in [1.807, 2.05) is 6.92 Å². The van der Waals surface area contributed by atoms with Crippen molar-refractivity contribution in [1.82, 2.24) is 0 Å². The molecule has 0 amide bonds. The van der Waals surface area contributed by atoms with Crippen molar-refractivity contribution in [2.75, 3.05) is 6.61 Å². The fourth-order valence-electron chi connectivity index (χ4n) is 2.27. The molecule has 1 aromatic carbocycles. The predicted molar refractivity (Wildman–Crippen MR) is 66.6 cm³/mol. The summed E-state index contributed by atoms with van der Waals surface area (Å²) in [5, 5.41) is 0.546. The van der Waals surface area contributed by atoms with Gasteiger partial charge in [0.15, 0.2) is 0 Å². The molecule has 1 saturated heterocycles. The van der Waals surface area contributed by atoms with Gasteiger partial charge in [-0.05, 0) is 43.5 Å². The first-order chi connectivity index (χ1) is 8.06. The van der Waals surface area contributed by atoms with Crippen molar-refractivity contribution in [2.24, 2.45) is 11.7 Å². The van der Waals surface area contributed by atoms with Crippen molar-refractivity contribution >= 4 is 11.6 Å². The van der Waals surface area contributed by atoms with Gasteiger partial charge in [0.1, 0.15) is 5.82 Å². The Morgan fingerprint density at radius 3 is 3.00 bits per heavy atom. The molecule has 1 aromatic rings. The van der Waals surface area contributed by atoms with Crippen LogP contribution >= 0.6 is 11.6 Å². The molecular weight excluding hydrogens is 241 g/mol. The van der Waals surface area contributed by atoms with E-state index >= 15 is 0 Å². The Bertz CT molecular complexity index is 399. The van der Waals surface area contributed by atoms with Crippen molar-refractivity contribution in [3.8, 4) is 0 Å². The lowest BCUT2D eigenvalue weighted by Gasteiger charge is -2.18. The zero-order valence-electron chi connectivity index (χ0n) is 9.83. The lowest BCUT2D eigenvalue weighted by molar-refractivity contribution is 0.118. The average Bonchev–Trinajstić information content (AvgIpc) is 2.70. The van der Waals surface area contributed by atoms with E-state index in [9.17, 15) is 4.39 Å². The minimum absolute atomic E-state index is 0.0760. The molecule has 1 aliphatic rings. The van der Waals surface area contributed by atoms with E-state index in [-0.39, 0.29) is 18.0 Å². The smallest absolute Gasteiger partial charge is 0.126 e. The van der Waals surface area contributed by atoms with E-state index in [2.05, 4.69) is 0 Å². The maximum absolute atomic E-state index is 13.5. The fraction of sp³-hybridized carbons (Fsp3) is 0.538. The molecule has 2 nitrogen and oxygen atoms in total. The summed E-state index contributed by atoms with van der Waals surface area (Å²) in [6, 6.07) is 4.51. The van der Waals surface area contributed by atoms with Crippen LogP contribution in [0, 0.1) is 11.7 Å². The van der Waals surface area contributed by atoms with E-state index in [1.54, 1.807) is 12.1 Å². The molecule has 3 unspecified atom stereocenters. The molecule has 0 saturated carbocycles. The third kappa shape index (κ3) is 3.18. The molecule has 0 aromatic heterocycles. The third-order valence-corrected chi connectivity index (χ3v) is 3.53. The molecule has 0 spiro atoms. The van der Waals surface area contributed by atoms with Crippen LogP contribution in [0.25, 0.3) is 0 Å². The number of ether oxygens (including phenoxy) is 1. The van der Waals surface area contributed by atoms with E-state index in [4.69, 9.17) is 22.1 Å². The largest absolute Gasteiger partial charge is 0.378 e. The second-order valence-electron chi connectivity index (χ2n) is 4.74. The van der Waals surface area contributed by atoms with Crippen LogP contribution in [0.1, 0.15) is 18.9 Å². The van der Waals surface area contributed by atoms with E-state index in [0.29, 0.717) is 29.5 Å². The normalized spacial score (nSPS) is 26.1. The first-order valence-corrected chi connectivity index (χ1v) is 6.25. The van der Waals surface area contributed by atoms with E-state index in [0.717, 1.165) is 6.42 Å². The number of halogens is 2. The SMILES string of the molecule is CC1CC(C(N)Cc2cc(Cl)ccc2F)CO1. The number of benzene rings is 1. The fourth-order valence-corrected chi connectivity index (χ4v) is 2.46. The van der Waals surface area contributed by atoms with Gasteiger partial charge < -0.3 is 10.5 Å². The van der Waals surface area contributed by atoms with Gasteiger partial charge in [-0.2, -0.15) is 0 Å². The van der Waals surface area contributed by atoms with Gasteiger partial charge in [0.25, 0.3) is 0 Å². The highest BCUT2D eigenvalue weighted by molar-refractivity contribution is 6.30. The van der Waals surface area contributed by atoms with Crippen LogP contribution in [0.4, 0.5) is 4.39 Å². The van der Waals surface area contributed by atoms with Crippen molar-refractivity contribution in [3.05, 3.63) is 34.6 Å². The maximum Gasteiger partial charge on any atom is 0.126 e. The topological polar surface area (TPSA) is 35.2 Å². The zero-order valence-corrected chi connectivity index (χ0v) is 10.6. The molecule has 0 radical (unpaired) electrons. The van der Waals surface area contributed by atoms with Crippen LogP contribution in [-0.2, 0) is 11.2 Å². The second kappa shape index (κ2) is 5.34. The maximum atomic E-state index is 13.5. The first kappa shape index (κ1) is 12.8. The Hall–Kier alpha value is -0.640. The molecule has 94 valence electrons. The van der Waals surface area contributed by atoms with Gasteiger partial charge in [-0.3, -0.25) is 0 Å². The molecule has 17 heavy (non-hydrogen) atoms. The summed E-state index contributed by atoms with van der Waals surface area (Å²) in [5.41, 5.74) is 6.69. The number of hydrogen-bond acceptors (Lipinski definition) is 2. The van der Waals surface area contributed by atoms with Gasteiger partial charge in [-0.1, -0.05) is 11.6 Å². The third-order valence-electron chi connectivity index (χ3n) is 3.30. The molecule has 0 aliphatic carbocycles. The van der Waals surface area contributed by atoms with E-state index < -0.39 is 0 Å². The highest BCUT2D eigenvalue weighted by Crippen LogP contribution is 2.24. The van der Waals surface area contributed by atoms with Gasteiger partial charge in [-0.15, -0.1) is 0 Å². The second-order valence-corrected chi connectivity index (χ2v) is 5.18. The number of nitrogens with two attached hydrogens (primary N) is 1. The summed E-state index contributed by atoms with van der Waals surface area (Å²) in [7, 11) is 0. The Kier molecular flexibility index (Phi) is 4.02. The summed E-state index contributed by atoms with van der Waals surface area (Å²) in [4.78, 5) is 0. The molecule has 2 rings (SSSR count). The predicted octanol–water partition coefficient (Wildman–Crippen LogP) is 2.77. The van der Waals surface area contributed by atoms with Crippen LogP contribution in [0.2, 0.25) is 5.02 Å². The van der Waals surface area contributed by atoms with Crippen LogP contribution in [-0.4, -0.2) is 18.8 Å². The van der Waals surface area contributed by atoms with Crippen LogP contribution in [0.5, 0.6) is 0 Å². The Labute approximate surface area is 106 Å². The summed E-state index contributed by atoms with van der Waals surface area (Å²) >= 11 is 5.85. The standard InChI is InChI=1S/C13H17ClFNO/c1-8-4-10(7-17-8)13(16)6-9-5-11(14)2-3-12(9)15/h2-3,5,8,10,13H,4,6-7,16H2,1H3. The van der Waals surface area contributed by atoms with Gasteiger partial charge in [0.05, 0.1) is 12.7 Å². The van der Waals surface area contributed by atoms with Crippen molar-refractivity contribution in [2.45, 2.75) is 31.9 Å². The van der Waals surface area contributed by atoms with E-state index in [1.165, 1.54) is 6.07 Å². The van der Waals surface area contributed by atoms with Crippen LogP contribution in [0.15, 0.2) is 18.2 Å². The lowest BCUT2D eigenvalue weighted by atomic mass is 9.92. The molecule has 4 heteroatoms. The van der Waals surface area contributed by atoms with Crippen LogP contribution < -0.4 is 5.73 Å². The minimum atomic E-state index is -0.239. The monoisotopic (exact) mass is 257 g/mol. The Morgan fingerprint density at radius 2 is 2.35 bits per heavy atom. The molecule has 0 bridgehead atoms. The number of hydrogen-bond donors (Lipinski definition) is 1. The number of rotatable bonds is 3. The average molecular weight is 258 g/mol. The highest BCUT2D eigenvalue weighted by Gasteiger charge is 2.27. The van der Waals surface area contributed by atoms with Gasteiger partial charge in [-0.25, -0.2) is 4.39 Å². The Balaban J connectivity index is 2.02. The minimum Gasteiger partial charge on any atom is -0.378 e. The summed E-state index contributed by atoms with van der Waals surface area (Å²) in [5.74, 6) is 0.0696. The molecule has 3 atom stereocenters. The van der Waals surface area contributed by atoms with Crippen LogP contribution in [0.3, 0.4) is 0 Å². The highest BCUT2D eigenvalue weighted by atomic mass is 35.5. The van der Waals surface area contributed by atoms with Gasteiger partial charge in [0, 0.05) is 17.0 Å². The summed E-state index contributed by atoms with van der Waals surface area (Å²) in [6.45, 7) is 2.71. The first-order valence-electron chi connectivity index (χ1n) is 5.87. The molecule has 1 aliphatic heterocycles. The summed E-state index contributed by atoms with van der Waals surface area (Å²) in [6.07, 6.45) is 1.71. The van der Waals surface area contributed by atoms with Crippen molar-refractivity contribution in [1.29, 1.82) is 0 Å². The quantitative estimate of drug-likeness (QED) is 0.904. The molecule has 2 N–H and O–H groups in total. The van der Waals surface area contributed by atoms with Gasteiger partial charge in [0.2, 0.25) is 0 Å². The van der Waals surface area contributed by atoms with Crippen molar-refractivity contribution < 1.29 is 9.13 Å². The zero-order chi connectivity index (χ0) is 12.4. The lowest BCUT2D eigenvalue weighted by Crippen LogP contribution is -2.33. The molecule has 1 heterocycles. The van der Waals surface area contributed by atoms with Crippen molar-refractivity contribution in [3.63, 3.8) is 0 Å².